The normalized spacial score (nSPS) is 10.6. The molecule has 3 N–H and O–H groups in total. The van der Waals surface area contributed by atoms with Crippen LogP contribution in [-0.2, 0) is 11.3 Å². The van der Waals surface area contributed by atoms with E-state index in [1.165, 1.54) is 6.07 Å². The maximum Gasteiger partial charge on any atom is 0.239 e. The summed E-state index contributed by atoms with van der Waals surface area (Å²) in [7, 11) is 0. The van der Waals surface area contributed by atoms with Crippen LogP contribution >= 0.6 is 12.4 Å². The first kappa shape index (κ1) is 15.8. The zero-order chi connectivity index (χ0) is 12.3. The number of nitrogens with one attached hydrogen (secondary N) is 1. The first-order valence-electron chi connectivity index (χ1n) is 4.82. The molecule has 0 heterocycles. The van der Waals surface area contributed by atoms with E-state index in [4.69, 9.17) is 5.73 Å². The van der Waals surface area contributed by atoms with Gasteiger partial charge in [-0.3, -0.25) is 4.79 Å². The smallest absolute Gasteiger partial charge is 0.239 e. The van der Waals surface area contributed by atoms with E-state index in [1.807, 2.05) is 0 Å². The standard InChI is InChI=1S/C11H14F2N2O.ClH/c1-11(2,14)10(16)15-6-7-3-4-8(12)5-9(7)13;/h3-5H,6,14H2,1-2H3,(H,15,16);1H. The Kier molecular flexibility index (Phi) is 5.51. The van der Waals surface area contributed by atoms with Crippen LogP contribution in [-0.4, -0.2) is 11.4 Å². The third-order valence-electron chi connectivity index (χ3n) is 2.04. The van der Waals surface area contributed by atoms with E-state index in [9.17, 15) is 13.6 Å². The van der Waals surface area contributed by atoms with E-state index in [2.05, 4.69) is 5.32 Å². The maximum atomic E-state index is 13.2. The predicted molar refractivity (Wildman–Crippen MR) is 63.7 cm³/mol. The van der Waals surface area contributed by atoms with Gasteiger partial charge in [-0.2, -0.15) is 0 Å². The molecule has 0 spiro atoms. The second-order valence-corrected chi connectivity index (χ2v) is 4.14. The summed E-state index contributed by atoms with van der Waals surface area (Å²) in [5.74, 6) is -1.72. The predicted octanol–water partition coefficient (Wildman–Crippen LogP) is 1.74. The van der Waals surface area contributed by atoms with Crippen LogP contribution in [0.5, 0.6) is 0 Å². The van der Waals surface area contributed by atoms with Crippen LogP contribution in [0.2, 0.25) is 0 Å². The number of amides is 1. The van der Waals surface area contributed by atoms with Crippen LogP contribution < -0.4 is 11.1 Å². The van der Waals surface area contributed by atoms with Crippen LogP contribution in [0.15, 0.2) is 18.2 Å². The maximum absolute atomic E-state index is 13.2. The Hall–Kier alpha value is -1.20. The van der Waals surface area contributed by atoms with Crippen molar-refractivity contribution in [3.63, 3.8) is 0 Å². The highest BCUT2D eigenvalue weighted by atomic mass is 35.5. The molecule has 1 rings (SSSR count). The summed E-state index contributed by atoms with van der Waals surface area (Å²) in [6.45, 7) is 3.08. The monoisotopic (exact) mass is 264 g/mol. The molecule has 0 unspecified atom stereocenters. The number of hydrogen-bond donors (Lipinski definition) is 2. The van der Waals surface area contributed by atoms with Crippen molar-refractivity contribution in [3.8, 4) is 0 Å². The fourth-order valence-corrected chi connectivity index (χ4v) is 1.07. The van der Waals surface area contributed by atoms with Crippen molar-refractivity contribution < 1.29 is 13.6 Å². The van der Waals surface area contributed by atoms with Crippen LogP contribution in [0.4, 0.5) is 8.78 Å². The molecule has 17 heavy (non-hydrogen) atoms. The Bertz CT molecular complexity index is 405. The molecule has 0 atom stereocenters. The highest BCUT2D eigenvalue weighted by molar-refractivity contribution is 5.85. The highest BCUT2D eigenvalue weighted by Gasteiger charge is 2.21. The molecule has 0 bridgehead atoms. The summed E-state index contributed by atoms with van der Waals surface area (Å²) in [6.07, 6.45) is 0. The van der Waals surface area contributed by atoms with Gasteiger partial charge in [-0.1, -0.05) is 6.07 Å². The summed E-state index contributed by atoms with van der Waals surface area (Å²) < 4.78 is 25.8. The van der Waals surface area contributed by atoms with Crippen molar-refractivity contribution >= 4 is 18.3 Å². The van der Waals surface area contributed by atoms with Crippen molar-refractivity contribution in [2.24, 2.45) is 5.73 Å². The zero-order valence-electron chi connectivity index (χ0n) is 9.59. The average molecular weight is 265 g/mol. The lowest BCUT2D eigenvalue weighted by Gasteiger charge is -2.17. The molecule has 6 heteroatoms. The lowest BCUT2D eigenvalue weighted by Crippen LogP contribution is -2.48. The van der Waals surface area contributed by atoms with Crippen molar-refractivity contribution in [2.45, 2.75) is 25.9 Å². The molecule has 1 aromatic rings. The Morgan fingerprint density at radius 1 is 1.41 bits per heavy atom. The third kappa shape index (κ3) is 4.66. The molecule has 0 saturated heterocycles. The molecular weight excluding hydrogens is 250 g/mol. The van der Waals surface area contributed by atoms with E-state index in [-0.39, 0.29) is 24.5 Å². The number of benzene rings is 1. The van der Waals surface area contributed by atoms with E-state index in [0.717, 1.165) is 12.1 Å². The summed E-state index contributed by atoms with van der Waals surface area (Å²) >= 11 is 0. The molecule has 0 aliphatic carbocycles. The van der Waals surface area contributed by atoms with E-state index in [0.29, 0.717) is 0 Å². The first-order chi connectivity index (χ1) is 7.30. The van der Waals surface area contributed by atoms with Gasteiger partial charge in [-0.15, -0.1) is 12.4 Å². The molecule has 0 aliphatic heterocycles. The van der Waals surface area contributed by atoms with Crippen molar-refractivity contribution in [2.75, 3.05) is 0 Å². The minimum atomic E-state index is -1.02. The summed E-state index contributed by atoms with van der Waals surface area (Å²) in [5, 5.41) is 2.47. The molecule has 0 radical (unpaired) electrons. The number of halogens is 3. The number of carbonyl (C=O) groups is 1. The topological polar surface area (TPSA) is 55.1 Å². The number of carbonyl (C=O) groups excluding carboxylic acids is 1. The van der Waals surface area contributed by atoms with Crippen molar-refractivity contribution in [1.29, 1.82) is 0 Å². The number of nitrogens with two attached hydrogens (primary N) is 1. The lowest BCUT2D eigenvalue weighted by atomic mass is 10.1. The number of hydrogen-bond acceptors (Lipinski definition) is 2. The van der Waals surface area contributed by atoms with Crippen molar-refractivity contribution in [3.05, 3.63) is 35.4 Å². The Labute approximate surface area is 105 Å². The molecule has 1 amide bonds. The fourth-order valence-electron chi connectivity index (χ4n) is 1.07. The molecule has 3 nitrogen and oxygen atoms in total. The SMILES string of the molecule is CC(C)(N)C(=O)NCc1ccc(F)cc1F.Cl. The van der Waals surface area contributed by atoms with Gasteiger partial charge >= 0.3 is 0 Å². The van der Waals surface area contributed by atoms with Gasteiger partial charge in [0.2, 0.25) is 5.91 Å². The summed E-state index contributed by atoms with van der Waals surface area (Å²) in [6, 6.07) is 3.20. The largest absolute Gasteiger partial charge is 0.350 e. The fraction of sp³-hybridized carbons (Fsp3) is 0.364. The van der Waals surface area contributed by atoms with E-state index >= 15 is 0 Å². The molecular formula is C11H15ClF2N2O. The molecule has 96 valence electrons. The third-order valence-corrected chi connectivity index (χ3v) is 2.04. The Morgan fingerprint density at radius 2 is 2.00 bits per heavy atom. The van der Waals surface area contributed by atoms with Gasteiger partial charge in [-0.05, 0) is 19.9 Å². The van der Waals surface area contributed by atoms with Gasteiger partial charge < -0.3 is 11.1 Å². The highest BCUT2D eigenvalue weighted by Crippen LogP contribution is 2.09. The van der Waals surface area contributed by atoms with Crippen LogP contribution in [0.3, 0.4) is 0 Å². The van der Waals surface area contributed by atoms with Gasteiger partial charge in [-0.25, -0.2) is 8.78 Å². The van der Waals surface area contributed by atoms with Gasteiger partial charge in [0.1, 0.15) is 11.6 Å². The number of rotatable bonds is 3. The first-order valence-corrected chi connectivity index (χ1v) is 4.82. The van der Waals surface area contributed by atoms with Gasteiger partial charge in [0.05, 0.1) is 5.54 Å². The van der Waals surface area contributed by atoms with Crippen LogP contribution in [0.1, 0.15) is 19.4 Å². The Morgan fingerprint density at radius 3 is 2.47 bits per heavy atom. The van der Waals surface area contributed by atoms with Gasteiger partial charge in [0.25, 0.3) is 0 Å². The second kappa shape index (κ2) is 5.93. The van der Waals surface area contributed by atoms with Gasteiger partial charge in [0.15, 0.2) is 0 Å². The molecule has 1 aromatic carbocycles. The minimum absolute atomic E-state index is 0. The summed E-state index contributed by atoms with van der Waals surface area (Å²) in [4.78, 5) is 11.4. The van der Waals surface area contributed by atoms with Crippen LogP contribution in [0, 0.1) is 11.6 Å². The van der Waals surface area contributed by atoms with Crippen LogP contribution in [0.25, 0.3) is 0 Å². The summed E-state index contributed by atoms with van der Waals surface area (Å²) in [5.41, 5.74) is 4.74. The van der Waals surface area contributed by atoms with Crippen molar-refractivity contribution in [1.82, 2.24) is 5.32 Å². The van der Waals surface area contributed by atoms with Gasteiger partial charge in [0, 0.05) is 18.2 Å². The quantitative estimate of drug-likeness (QED) is 0.874. The average Bonchev–Trinajstić information content (AvgIpc) is 2.14. The van der Waals surface area contributed by atoms with E-state index < -0.39 is 23.1 Å². The Balaban J connectivity index is 0.00000256. The minimum Gasteiger partial charge on any atom is -0.350 e. The lowest BCUT2D eigenvalue weighted by molar-refractivity contribution is -0.125. The zero-order valence-corrected chi connectivity index (χ0v) is 10.4. The molecule has 0 aromatic heterocycles. The van der Waals surface area contributed by atoms with E-state index in [1.54, 1.807) is 13.8 Å². The molecule has 0 saturated carbocycles. The molecule has 0 fully saturated rings. The second-order valence-electron chi connectivity index (χ2n) is 4.14. The molecule has 0 aliphatic rings.